The Morgan fingerprint density at radius 1 is 1.41 bits per heavy atom. The van der Waals surface area contributed by atoms with Crippen LogP contribution < -0.4 is 5.43 Å². The maximum Gasteiger partial charge on any atom is 0.333 e. The molecule has 2 aliphatic rings. The summed E-state index contributed by atoms with van der Waals surface area (Å²) in [6.45, 7) is 1.95. The molecule has 0 aromatic heterocycles. The number of carbonyl (C=O) groups excluding carboxylic acids is 3. The van der Waals surface area contributed by atoms with Gasteiger partial charge in [0, 0.05) is 19.9 Å². The lowest BCUT2D eigenvalue weighted by Crippen LogP contribution is -2.32. The van der Waals surface area contributed by atoms with Crippen LogP contribution in [-0.2, 0) is 19.2 Å². The molecule has 1 N–H and O–H groups in total. The second-order valence-electron chi connectivity index (χ2n) is 4.49. The van der Waals surface area contributed by atoms with Crippen molar-refractivity contribution in [3.63, 3.8) is 0 Å². The Kier molecular flexibility index (Phi) is 2.88. The minimum Gasteiger partial charge on any atom is -0.330 e. The summed E-state index contributed by atoms with van der Waals surface area (Å²) in [5.74, 6) is -1.45. The van der Waals surface area contributed by atoms with Crippen molar-refractivity contribution in [2.45, 2.75) is 38.3 Å². The predicted octanol–water partition coefficient (Wildman–Crippen LogP) is -0.460. The average Bonchev–Trinajstić information content (AvgIpc) is 2.76. The summed E-state index contributed by atoms with van der Waals surface area (Å²) in [5.41, 5.74) is 2.87. The molecule has 7 heteroatoms. The lowest BCUT2D eigenvalue weighted by atomic mass is 10.1. The summed E-state index contributed by atoms with van der Waals surface area (Å²) in [6.07, 6.45) is 0.964. The number of hydrogen-bond acceptors (Lipinski definition) is 6. The van der Waals surface area contributed by atoms with Crippen LogP contribution in [0.2, 0.25) is 0 Å². The summed E-state index contributed by atoms with van der Waals surface area (Å²) in [6, 6.07) is 0. The zero-order valence-electron chi connectivity index (χ0n) is 9.86. The smallest absolute Gasteiger partial charge is 0.330 e. The van der Waals surface area contributed by atoms with Gasteiger partial charge in [-0.15, -0.1) is 5.06 Å². The molecule has 0 bridgehead atoms. The second kappa shape index (κ2) is 4.08. The highest BCUT2D eigenvalue weighted by Crippen LogP contribution is 2.27. The normalized spacial score (nSPS) is 31.9. The van der Waals surface area contributed by atoms with E-state index in [2.05, 4.69) is 5.43 Å². The molecule has 7 nitrogen and oxygen atoms in total. The van der Waals surface area contributed by atoms with Gasteiger partial charge >= 0.3 is 5.97 Å². The van der Waals surface area contributed by atoms with Crippen LogP contribution in [0.1, 0.15) is 32.6 Å². The first kappa shape index (κ1) is 12.0. The van der Waals surface area contributed by atoms with Gasteiger partial charge in [0.05, 0.1) is 12.1 Å². The molecule has 0 aliphatic carbocycles. The predicted molar refractivity (Wildman–Crippen MR) is 55.7 cm³/mol. The molecule has 0 spiro atoms. The highest BCUT2D eigenvalue weighted by molar-refractivity contribution is 6.01. The van der Waals surface area contributed by atoms with E-state index in [0.29, 0.717) is 11.5 Å². The van der Waals surface area contributed by atoms with Gasteiger partial charge in [0.15, 0.2) is 0 Å². The van der Waals surface area contributed by atoms with E-state index in [1.54, 1.807) is 0 Å². The molecule has 2 rings (SSSR count). The van der Waals surface area contributed by atoms with E-state index in [1.807, 2.05) is 19.0 Å². The van der Waals surface area contributed by atoms with Crippen LogP contribution in [0.25, 0.3) is 0 Å². The fraction of sp³-hybridized carbons (Fsp3) is 0.700. The molecule has 2 unspecified atom stereocenters. The number of nitrogens with zero attached hydrogens (tertiary/aromatic N) is 2. The molecule has 17 heavy (non-hydrogen) atoms. The number of hydroxylamine groups is 2. The molecular formula is C10H15N3O4. The Balaban J connectivity index is 1.78. The van der Waals surface area contributed by atoms with Crippen LogP contribution in [-0.4, -0.2) is 40.6 Å². The minimum atomic E-state index is -0.558. The quantitative estimate of drug-likeness (QED) is 0.529. The van der Waals surface area contributed by atoms with Gasteiger partial charge in [-0.25, -0.2) is 15.2 Å². The summed E-state index contributed by atoms with van der Waals surface area (Å²) in [7, 11) is 1.87. The van der Waals surface area contributed by atoms with Crippen LogP contribution in [0.3, 0.4) is 0 Å². The van der Waals surface area contributed by atoms with E-state index in [0.717, 1.165) is 0 Å². The second-order valence-corrected chi connectivity index (χ2v) is 4.49. The Labute approximate surface area is 98.6 Å². The lowest BCUT2D eigenvalue weighted by molar-refractivity contribution is -0.197. The van der Waals surface area contributed by atoms with Gasteiger partial charge in [0.2, 0.25) is 0 Å². The largest absolute Gasteiger partial charge is 0.333 e. The first-order valence-corrected chi connectivity index (χ1v) is 5.50. The molecule has 2 amide bonds. The number of hydrogen-bond donors (Lipinski definition) is 1. The van der Waals surface area contributed by atoms with E-state index in [9.17, 15) is 14.4 Å². The third kappa shape index (κ3) is 2.45. The molecule has 2 saturated heterocycles. The van der Waals surface area contributed by atoms with Gasteiger partial charge in [0.25, 0.3) is 11.8 Å². The van der Waals surface area contributed by atoms with Gasteiger partial charge < -0.3 is 4.84 Å². The Bertz CT molecular complexity index is 368. The van der Waals surface area contributed by atoms with Gasteiger partial charge in [-0.05, 0) is 13.3 Å². The van der Waals surface area contributed by atoms with Crippen molar-refractivity contribution in [1.29, 1.82) is 0 Å². The van der Waals surface area contributed by atoms with Gasteiger partial charge in [0.1, 0.15) is 0 Å². The van der Waals surface area contributed by atoms with E-state index in [1.165, 1.54) is 0 Å². The van der Waals surface area contributed by atoms with Crippen LogP contribution in [0.5, 0.6) is 0 Å². The summed E-state index contributed by atoms with van der Waals surface area (Å²) < 4.78 is 0. The Morgan fingerprint density at radius 3 is 2.41 bits per heavy atom. The average molecular weight is 241 g/mol. The third-order valence-corrected chi connectivity index (χ3v) is 3.11. The monoisotopic (exact) mass is 241 g/mol. The van der Waals surface area contributed by atoms with Gasteiger partial charge in [-0.2, -0.15) is 0 Å². The first-order chi connectivity index (χ1) is 7.92. The van der Waals surface area contributed by atoms with Gasteiger partial charge in [-0.1, -0.05) is 0 Å². The van der Waals surface area contributed by atoms with Crippen molar-refractivity contribution in [3.8, 4) is 0 Å². The van der Waals surface area contributed by atoms with Crippen LogP contribution in [0.4, 0.5) is 0 Å². The number of amides is 2. The zero-order chi connectivity index (χ0) is 12.6. The Morgan fingerprint density at radius 2 is 1.94 bits per heavy atom. The van der Waals surface area contributed by atoms with Crippen molar-refractivity contribution in [2.24, 2.45) is 0 Å². The molecule has 0 radical (unpaired) electrons. The maximum atomic E-state index is 11.5. The molecule has 2 aliphatic heterocycles. The number of rotatable bonds is 4. The fourth-order valence-corrected chi connectivity index (χ4v) is 1.71. The molecule has 2 atom stereocenters. The molecule has 94 valence electrons. The van der Waals surface area contributed by atoms with Crippen LogP contribution >= 0.6 is 0 Å². The lowest BCUT2D eigenvalue weighted by Gasteiger charge is -2.13. The molecular weight excluding hydrogens is 226 g/mol. The van der Waals surface area contributed by atoms with Crippen molar-refractivity contribution in [3.05, 3.63) is 0 Å². The number of hydrazine groups is 1. The van der Waals surface area contributed by atoms with Crippen molar-refractivity contribution in [2.75, 3.05) is 7.05 Å². The van der Waals surface area contributed by atoms with Crippen LogP contribution in [0.15, 0.2) is 0 Å². The topological polar surface area (TPSA) is 88.6 Å². The molecule has 2 heterocycles. The number of carbonyl (C=O) groups is 3. The minimum absolute atomic E-state index is 0.119. The number of imide groups is 1. The zero-order valence-corrected chi connectivity index (χ0v) is 9.86. The van der Waals surface area contributed by atoms with Crippen LogP contribution in [0, 0.1) is 0 Å². The Hall–Kier alpha value is -1.47. The first-order valence-electron chi connectivity index (χ1n) is 5.50. The van der Waals surface area contributed by atoms with E-state index < -0.39 is 17.8 Å². The van der Waals surface area contributed by atoms with E-state index >= 15 is 0 Å². The van der Waals surface area contributed by atoms with E-state index in [4.69, 9.17) is 4.84 Å². The summed E-state index contributed by atoms with van der Waals surface area (Å²) >= 11 is 0. The standard InChI is InChI=1S/C10H15N3O4/c1-10(11-12(10)2)6-5-9(16)17-13-7(14)3-4-8(13)15/h11H,3-6H2,1-2H3. The van der Waals surface area contributed by atoms with Crippen molar-refractivity contribution < 1.29 is 19.2 Å². The molecule has 0 aromatic rings. The van der Waals surface area contributed by atoms with Gasteiger partial charge in [-0.3, -0.25) is 9.59 Å². The van der Waals surface area contributed by atoms with Crippen molar-refractivity contribution >= 4 is 17.8 Å². The highest BCUT2D eigenvalue weighted by atomic mass is 16.7. The third-order valence-electron chi connectivity index (χ3n) is 3.11. The highest BCUT2D eigenvalue weighted by Gasteiger charge is 2.44. The van der Waals surface area contributed by atoms with E-state index in [-0.39, 0.29) is 24.9 Å². The maximum absolute atomic E-state index is 11.5. The summed E-state index contributed by atoms with van der Waals surface area (Å²) in [5, 5.41) is 2.46. The summed E-state index contributed by atoms with van der Waals surface area (Å²) in [4.78, 5) is 38.6. The number of nitrogens with one attached hydrogen (secondary N) is 1. The molecule has 0 aromatic carbocycles. The fourth-order valence-electron chi connectivity index (χ4n) is 1.71. The molecule has 2 fully saturated rings. The molecule has 0 saturated carbocycles. The SMILES string of the molecule is CN1NC1(C)CCC(=O)ON1C(=O)CCC1=O. The van der Waals surface area contributed by atoms with Crippen molar-refractivity contribution in [1.82, 2.24) is 15.5 Å².